The summed E-state index contributed by atoms with van der Waals surface area (Å²) in [6, 6.07) is 8.45. The number of aliphatic carboxylic acids is 1. The fourth-order valence-electron chi connectivity index (χ4n) is 4.58. The number of piperidine rings is 1. The van der Waals surface area contributed by atoms with E-state index in [1.165, 1.54) is 11.3 Å². The summed E-state index contributed by atoms with van der Waals surface area (Å²) in [6.45, 7) is 8.15. The summed E-state index contributed by atoms with van der Waals surface area (Å²) < 4.78 is 0. The van der Waals surface area contributed by atoms with Crippen molar-refractivity contribution in [1.29, 1.82) is 0 Å². The number of carbonyl (C=O) groups is 2. The highest BCUT2D eigenvalue weighted by Gasteiger charge is 2.49. The number of benzene rings is 1. The standard InChI is InChI=1S/C22H33N3O4/c1-3-8-22(21(28)29)16-25(9-7-19(22)26)20(27)15-23-10-12-24(13-11-23)18-6-4-5-17(2)14-18/h4-6,14,19,26H,3,7-13,15-16H2,1-2H3,(H,28,29)/t19-,22-/m1/s1. The summed E-state index contributed by atoms with van der Waals surface area (Å²) in [4.78, 5) is 30.9. The molecule has 7 heteroatoms. The molecule has 1 aromatic carbocycles. The molecule has 0 unspecified atom stereocenters. The molecule has 1 aromatic rings. The molecule has 160 valence electrons. The second-order valence-corrected chi connectivity index (χ2v) is 8.43. The first-order valence-electron chi connectivity index (χ1n) is 10.6. The van der Waals surface area contributed by atoms with Gasteiger partial charge in [0.15, 0.2) is 0 Å². The number of piperazine rings is 1. The largest absolute Gasteiger partial charge is 0.481 e. The molecule has 0 aliphatic carbocycles. The van der Waals surface area contributed by atoms with Crippen LogP contribution in [0.4, 0.5) is 5.69 Å². The Bertz CT molecular complexity index is 733. The van der Waals surface area contributed by atoms with Crippen molar-refractivity contribution >= 4 is 17.6 Å². The summed E-state index contributed by atoms with van der Waals surface area (Å²) in [5.74, 6) is -1.04. The zero-order valence-corrected chi connectivity index (χ0v) is 17.5. The molecule has 2 atom stereocenters. The van der Waals surface area contributed by atoms with E-state index in [9.17, 15) is 19.8 Å². The van der Waals surface area contributed by atoms with E-state index >= 15 is 0 Å². The molecule has 0 aromatic heterocycles. The summed E-state index contributed by atoms with van der Waals surface area (Å²) in [5.41, 5.74) is 1.21. The van der Waals surface area contributed by atoms with Gasteiger partial charge in [0.1, 0.15) is 5.41 Å². The van der Waals surface area contributed by atoms with Crippen LogP contribution in [0.25, 0.3) is 0 Å². The number of hydrogen-bond acceptors (Lipinski definition) is 5. The Morgan fingerprint density at radius 3 is 2.52 bits per heavy atom. The lowest BCUT2D eigenvalue weighted by Crippen LogP contribution is -2.59. The Hall–Kier alpha value is -2.12. The minimum atomic E-state index is -1.24. The number of aryl methyl sites for hydroxylation is 1. The van der Waals surface area contributed by atoms with Crippen LogP contribution in [0.5, 0.6) is 0 Å². The van der Waals surface area contributed by atoms with Crippen molar-refractivity contribution in [3.05, 3.63) is 29.8 Å². The molecule has 0 bridgehead atoms. The number of hydrogen-bond donors (Lipinski definition) is 2. The molecule has 0 saturated carbocycles. The van der Waals surface area contributed by atoms with Crippen molar-refractivity contribution in [1.82, 2.24) is 9.80 Å². The molecule has 1 amide bonds. The maximum atomic E-state index is 12.9. The van der Waals surface area contributed by atoms with Gasteiger partial charge in [0.05, 0.1) is 12.6 Å². The number of aliphatic hydroxyl groups excluding tert-OH is 1. The van der Waals surface area contributed by atoms with Gasteiger partial charge in [-0.1, -0.05) is 25.5 Å². The Morgan fingerprint density at radius 1 is 1.17 bits per heavy atom. The third-order valence-electron chi connectivity index (χ3n) is 6.36. The molecule has 7 nitrogen and oxygen atoms in total. The lowest BCUT2D eigenvalue weighted by atomic mass is 9.74. The van der Waals surface area contributed by atoms with Crippen molar-refractivity contribution in [2.45, 2.75) is 39.2 Å². The van der Waals surface area contributed by atoms with Crippen molar-refractivity contribution in [3.8, 4) is 0 Å². The second-order valence-electron chi connectivity index (χ2n) is 8.43. The molecule has 2 heterocycles. The Labute approximate surface area is 172 Å². The van der Waals surface area contributed by atoms with Gasteiger partial charge in [0, 0.05) is 45.0 Å². The number of likely N-dealkylation sites (tertiary alicyclic amines) is 1. The monoisotopic (exact) mass is 403 g/mol. The van der Waals surface area contributed by atoms with Gasteiger partial charge in [-0.2, -0.15) is 0 Å². The molecule has 2 aliphatic heterocycles. The van der Waals surface area contributed by atoms with Crippen molar-refractivity contribution in [2.24, 2.45) is 5.41 Å². The molecule has 2 saturated heterocycles. The average molecular weight is 404 g/mol. The molecule has 29 heavy (non-hydrogen) atoms. The van der Waals surface area contributed by atoms with E-state index in [0.717, 1.165) is 26.2 Å². The SMILES string of the molecule is CCC[C@@]1(C(=O)O)CN(C(=O)CN2CCN(c3cccc(C)c3)CC2)CC[C@H]1O. The Kier molecular flexibility index (Phi) is 6.80. The van der Waals surface area contributed by atoms with Gasteiger partial charge in [0.25, 0.3) is 0 Å². The number of anilines is 1. The lowest BCUT2D eigenvalue weighted by Gasteiger charge is -2.44. The highest BCUT2D eigenvalue weighted by atomic mass is 16.4. The summed E-state index contributed by atoms with van der Waals surface area (Å²) >= 11 is 0. The summed E-state index contributed by atoms with van der Waals surface area (Å²) in [5, 5.41) is 20.1. The lowest BCUT2D eigenvalue weighted by molar-refractivity contribution is -0.167. The first-order chi connectivity index (χ1) is 13.9. The number of carboxylic acid groups (broad SMARTS) is 1. The van der Waals surface area contributed by atoms with Crippen LogP contribution in [-0.4, -0.2) is 83.8 Å². The predicted octanol–water partition coefficient (Wildman–Crippen LogP) is 1.58. The van der Waals surface area contributed by atoms with E-state index < -0.39 is 17.5 Å². The third kappa shape index (κ3) is 4.73. The van der Waals surface area contributed by atoms with Gasteiger partial charge in [-0.15, -0.1) is 0 Å². The highest BCUT2D eigenvalue weighted by Crippen LogP contribution is 2.35. The first-order valence-corrected chi connectivity index (χ1v) is 10.6. The minimum absolute atomic E-state index is 0.0392. The quantitative estimate of drug-likeness (QED) is 0.750. The van der Waals surface area contributed by atoms with Crippen molar-refractivity contribution < 1.29 is 19.8 Å². The smallest absolute Gasteiger partial charge is 0.314 e. The highest BCUT2D eigenvalue weighted by molar-refractivity contribution is 5.81. The van der Waals surface area contributed by atoms with Crippen LogP contribution < -0.4 is 4.90 Å². The second kappa shape index (κ2) is 9.13. The van der Waals surface area contributed by atoms with Crippen LogP contribution in [-0.2, 0) is 9.59 Å². The predicted molar refractivity (Wildman–Crippen MR) is 112 cm³/mol. The van der Waals surface area contributed by atoms with Crippen molar-refractivity contribution in [2.75, 3.05) is 50.7 Å². The maximum Gasteiger partial charge on any atom is 0.314 e. The fraction of sp³-hybridized carbons (Fsp3) is 0.636. The van der Waals surface area contributed by atoms with Gasteiger partial charge in [-0.3, -0.25) is 14.5 Å². The van der Waals surface area contributed by atoms with Gasteiger partial charge >= 0.3 is 5.97 Å². The van der Waals surface area contributed by atoms with E-state index in [2.05, 4.69) is 41.0 Å². The first kappa shape index (κ1) is 21.6. The number of aliphatic hydroxyl groups is 1. The number of carbonyl (C=O) groups excluding carboxylic acids is 1. The number of carboxylic acids is 1. The van der Waals surface area contributed by atoms with Crippen LogP contribution in [0.2, 0.25) is 0 Å². The Morgan fingerprint density at radius 2 is 1.90 bits per heavy atom. The van der Waals surface area contributed by atoms with Crippen LogP contribution >= 0.6 is 0 Å². The van der Waals surface area contributed by atoms with Crippen LogP contribution in [0.3, 0.4) is 0 Å². The zero-order valence-electron chi connectivity index (χ0n) is 17.5. The fourth-order valence-corrected chi connectivity index (χ4v) is 4.58. The maximum absolute atomic E-state index is 12.9. The van der Waals surface area contributed by atoms with Gasteiger partial charge in [0.2, 0.25) is 5.91 Å². The number of rotatable bonds is 6. The topological polar surface area (TPSA) is 84.3 Å². The van der Waals surface area contributed by atoms with Gasteiger partial charge in [-0.25, -0.2) is 0 Å². The van der Waals surface area contributed by atoms with Gasteiger partial charge in [-0.05, 0) is 37.5 Å². The third-order valence-corrected chi connectivity index (χ3v) is 6.36. The van der Waals surface area contributed by atoms with E-state index in [4.69, 9.17) is 0 Å². The Balaban J connectivity index is 1.56. The summed E-state index contributed by atoms with van der Waals surface area (Å²) in [7, 11) is 0. The average Bonchev–Trinajstić information content (AvgIpc) is 2.70. The molecule has 3 rings (SSSR count). The molecule has 2 aliphatic rings. The number of nitrogens with zero attached hydrogens (tertiary/aromatic N) is 3. The van der Waals surface area contributed by atoms with E-state index in [-0.39, 0.29) is 12.5 Å². The van der Waals surface area contributed by atoms with Crippen LogP contribution in [0.15, 0.2) is 24.3 Å². The molecule has 0 radical (unpaired) electrons. The molecular weight excluding hydrogens is 370 g/mol. The molecule has 0 spiro atoms. The molecule has 2 N–H and O–H groups in total. The minimum Gasteiger partial charge on any atom is -0.481 e. The van der Waals surface area contributed by atoms with Crippen LogP contribution in [0, 0.1) is 12.3 Å². The molecular formula is C22H33N3O4. The van der Waals surface area contributed by atoms with Crippen molar-refractivity contribution in [3.63, 3.8) is 0 Å². The van der Waals surface area contributed by atoms with E-state index in [0.29, 0.717) is 32.4 Å². The van der Waals surface area contributed by atoms with E-state index in [1.807, 2.05) is 6.92 Å². The van der Waals surface area contributed by atoms with Gasteiger partial charge < -0.3 is 20.0 Å². The summed E-state index contributed by atoms with van der Waals surface area (Å²) in [6.07, 6.45) is 0.454. The normalized spacial score (nSPS) is 25.8. The van der Waals surface area contributed by atoms with E-state index in [1.54, 1.807) is 4.90 Å². The molecule has 2 fully saturated rings. The zero-order chi connectivity index (χ0) is 21.0. The number of amides is 1. The van der Waals surface area contributed by atoms with Crippen LogP contribution in [0.1, 0.15) is 31.7 Å².